The topological polar surface area (TPSA) is 78.6 Å². The summed E-state index contributed by atoms with van der Waals surface area (Å²) in [6.07, 6.45) is 0. The molecule has 0 saturated carbocycles. The second kappa shape index (κ2) is 7.77. The Morgan fingerprint density at radius 2 is 2.03 bits per heavy atom. The van der Waals surface area contributed by atoms with Gasteiger partial charge < -0.3 is 16.2 Å². The van der Waals surface area contributed by atoms with Crippen molar-refractivity contribution in [2.24, 2.45) is 11.7 Å². The highest BCUT2D eigenvalue weighted by atomic mass is 35.5. The lowest BCUT2D eigenvalue weighted by atomic mass is 9.73. The number of aliphatic hydroxyl groups is 1. The summed E-state index contributed by atoms with van der Waals surface area (Å²) in [6.45, 7) is 4.28. The van der Waals surface area contributed by atoms with E-state index < -0.39 is 29.4 Å². The number of hydrogen-bond donors (Lipinski definition) is 3. The number of rotatable bonds is 4. The Morgan fingerprint density at radius 1 is 1.30 bits per heavy atom. The molecule has 0 aromatic heterocycles. The number of amides is 1. The third kappa shape index (κ3) is 2.97. The fourth-order valence-corrected chi connectivity index (χ4v) is 5.47. The van der Waals surface area contributed by atoms with Crippen LogP contribution in [0.4, 0.5) is 10.1 Å². The Kier molecular flexibility index (Phi) is 5.58. The minimum absolute atomic E-state index is 0.0348. The molecule has 0 unspecified atom stereocenters. The van der Waals surface area contributed by atoms with Crippen LogP contribution in [-0.4, -0.2) is 41.1 Å². The first-order valence-electron chi connectivity index (χ1n) is 9.92. The van der Waals surface area contributed by atoms with Crippen LogP contribution in [0.2, 0.25) is 10.0 Å². The molecule has 2 aromatic carbocycles. The van der Waals surface area contributed by atoms with Crippen LogP contribution in [0.15, 0.2) is 36.4 Å². The van der Waals surface area contributed by atoms with Crippen molar-refractivity contribution < 1.29 is 14.3 Å². The molecule has 0 bridgehead atoms. The molecule has 2 heterocycles. The van der Waals surface area contributed by atoms with Crippen molar-refractivity contribution in [3.05, 3.63) is 63.4 Å². The van der Waals surface area contributed by atoms with Crippen LogP contribution in [0.25, 0.3) is 0 Å². The molecule has 160 valence electrons. The summed E-state index contributed by atoms with van der Waals surface area (Å²) in [7, 11) is 0. The number of hydrogen-bond acceptors (Lipinski definition) is 4. The fraction of sp³-hybridized carbons (Fsp3) is 0.409. The summed E-state index contributed by atoms with van der Waals surface area (Å²) in [4.78, 5) is 15.6. The average Bonchev–Trinajstić information content (AvgIpc) is 3.09. The van der Waals surface area contributed by atoms with Crippen molar-refractivity contribution in [2.45, 2.75) is 37.4 Å². The van der Waals surface area contributed by atoms with Crippen LogP contribution in [0.1, 0.15) is 30.9 Å². The molecule has 0 radical (unpaired) electrons. The second-order valence-corrected chi connectivity index (χ2v) is 9.25. The summed E-state index contributed by atoms with van der Waals surface area (Å²) >= 11 is 12.3. The van der Waals surface area contributed by atoms with Crippen molar-refractivity contribution in [3.63, 3.8) is 0 Å². The summed E-state index contributed by atoms with van der Waals surface area (Å²) in [6, 6.07) is 8.66. The monoisotopic (exact) mass is 451 g/mol. The fourth-order valence-electron chi connectivity index (χ4n) is 5.12. The molecule has 1 spiro atoms. The molecule has 0 aliphatic carbocycles. The van der Waals surface area contributed by atoms with Crippen LogP contribution in [0, 0.1) is 11.7 Å². The zero-order valence-corrected chi connectivity index (χ0v) is 18.2. The van der Waals surface area contributed by atoms with E-state index in [-0.39, 0.29) is 29.0 Å². The first-order chi connectivity index (χ1) is 14.2. The van der Waals surface area contributed by atoms with Crippen molar-refractivity contribution in [1.29, 1.82) is 0 Å². The Bertz CT molecular complexity index is 1000. The lowest BCUT2D eigenvalue weighted by Crippen LogP contribution is -2.53. The van der Waals surface area contributed by atoms with E-state index in [0.717, 1.165) is 0 Å². The van der Waals surface area contributed by atoms with Gasteiger partial charge in [0.25, 0.3) is 0 Å². The Morgan fingerprint density at radius 3 is 2.70 bits per heavy atom. The largest absolute Gasteiger partial charge is 0.395 e. The lowest BCUT2D eigenvalue weighted by Gasteiger charge is -2.40. The highest BCUT2D eigenvalue weighted by Gasteiger charge is 2.66. The number of anilines is 1. The molecule has 8 heteroatoms. The molecule has 2 aliphatic rings. The highest BCUT2D eigenvalue weighted by Crippen LogP contribution is 2.57. The van der Waals surface area contributed by atoms with Crippen molar-refractivity contribution >= 4 is 34.8 Å². The smallest absolute Gasteiger partial charge is 0.250 e. The standard InChI is InChI=1S/C22H24Cl2FN3O2/c1-11(2)9-28-17(10-29)20(26)18(13-4-3-5-15(24)19(13)25)22(28)14-7-6-12(23)8-16(14)27-21(22)30/h3-8,11,17-18,20,29H,9-10,26H2,1-2H3,(H,27,30)/t17-,18-,20+,22+/m1/s1. The molecule has 2 aromatic rings. The Balaban J connectivity index is 2.04. The van der Waals surface area contributed by atoms with Gasteiger partial charge in [-0.2, -0.15) is 0 Å². The lowest BCUT2D eigenvalue weighted by molar-refractivity contribution is -0.128. The maximum atomic E-state index is 15.2. The third-order valence-corrected chi connectivity index (χ3v) is 6.71. The van der Waals surface area contributed by atoms with Gasteiger partial charge in [-0.1, -0.05) is 55.2 Å². The van der Waals surface area contributed by atoms with Gasteiger partial charge in [0.05, 0.1) is 11.6 Å². The van der Waals surface area contributed by atoms with Gasteiger partial charge in [0.2, 0.25) is 5.91 Å². The molecule has 2 aliphatic heterocycles. The number of benzene rings is 2. The third-order valence-electron chi connectivity index (χ3n) is 6.18. The van der Waals surface area contributed by atoms with E-state index in [1.54, 1.807) is 30.3 Å². The predicted molar refractivity (Wildman–Crippen MR) is 116 cm³/mol. The van der Waals surface area contributed by atoms with E-state index in [0.29, 0.717) is 22.8 Å². The van der Waals surface area contributed by atoms with Crippen molar-refractivity contribution in [3.8, 4) is 0 Å². The van der Waals surface area contributed by atoms with Crippen LogP contribution in [0.5, 0.6) is 0 Å². The number of carbonyl (C=O) groups excluding carboxylic acids is 1. The molecule has 4 N–H and O–H groups in total. The number of carbonyl (C=O) groups is 1. The van der Waals surface area contributed by atoms with Crippen molar-refractivity contribution in [1.82, 2.24) is 4.90 Å². The molecular weight excluding hydrogens is 428 g/mol. The van der Waals surface area contributed by atoms with E-state index in [9.17, 15) is 9.90 Å². The van der Waals surface area contributed by atoms with E-state index in [2.05, 4.69) is 5.32 Å². The highest BCUT2D eigenvalue weighted by molar-refractivity contribution is 6.31. The number of fused-ring (bicyclic) bond motifs is 2. The van der Waals surface area contributed by atoms with Gasteiger partial charge in [-0.25, -0.2) is 4.39 Å². The number of halogens is 3. The SMILES string of the molecule is CC(C)CN1[C@H](CO)[C@H](N)[C@@H](c2cccc(Cl)c2F)[C@@]12C(=O)Nc1cc(Cl)ccc12. The van der Waals surface area contributed by atoms with Gasteiger partial charge >= 0.3 is 0 Å². The van der Waals surface area contributed by atoms with E-state index in [1.807, 2.05) is 18.7 Å². The zero-order chi connectivity index (χ0) is 21.8. The minimum atomic E-state index is -1.29. The Labute approximate surface area is 185 Å². The van der Waals surface area contributed by atoms with Crippen LogP contribution in [0.3, 0.4) is 0 Å². The average molecular weight is 452 g/mol. The van der Waals surface area contributed by atoms with Crippen LogP contribution < -0.4 is 11.1 Å². The quantitative estimate of drug-likeness (QED) is 0.661. The predicted octanol–water partition coefficient (Wildman–Crippen LogP) is 3.72. The molecule has 4 rings (SSSR count). The van der Waals surface area contributed by atoms with Crippen LogP contribution in [-0.2, 0) is 10.3 Å². The molecule has 4 atom stereocenters. The van der Waals surface area contributed by atoms with Gasteiger partial charge in [0.15, 0.2) is 0 Å². The number of likely N-dealkylation sites (tertiary alicyclic amines) is 1. The second-order valence-electron chi connectivity index (χ2n) is 8.40. The number of nitrogens with zero attached hydrogens (tertiary/aromatic N) is 1. The van der Waals surface area contributed by atoms with E-state index in [4.69, 9.17) is 28.9 Å². The summed E-state index contributed by atoms with van der Waals surface area (Å²) in [5, 5.41) is 13.6. The van der Waals surface area contributed by atoms with Gasteiger partial charge in [0, 0.05) is 40.8 Å². The normalized spacial score (nSPS) is 28.4. The Hall–Kier alpha value is -1.70. The zero-order valence-electron chi connectivity index (χ0n) is 16.7. The first kappa shape index (κ1) is 21.5. The van der Waals surface area contributed by atoms with Gasteiger partial charge in [-0.3, -0.25) is 9.69 Å². The van der Waals surface area contributed by atoms with Crippen LogP contribution >= 0.6 is 23.2 Å². The molecule has 5 nitrogen and oxygen atoms in total. The minimum Gasteiger partial charge on any atom is -0.395 e. The van der Waals surface area contributed by atoms with E-state index >= 15 is 4.39 Å². The maximum Gasteiger partial charge on any atom is 0.250 e. The van der Waals surface area contributed by atoms with Gasteiger partial charge in [-0.05, 0) is 29.7 Å². The first-order valence-corrected chi connectivity index (χ1v) is 10.7. The maximum absolute atomic E-state index is 15.2. The number of aliphatic hydroxyl groups excluding tert-OH is 1. The number of nitrogens with two attached hydrogens (primary N) is 1. The van der Waals surface area contributed by atoms with Gasteiger partial charge in [0.1, 0.15) is 11.4 Å². The summed E-state index contributed by atoms with van der Waals surface area (Å²) in [5.41, 5.74) is 6.85. The van der Waals surface area contributed by atoms with E-state index in [1.165, 1.54) is 6.07 Å². The molecule has 1 saturated heterocycles. The summed E-state index contributed by atoms with van der Waals surface area (Å²) < 4.78 is 15.2. The summed E-state index contributed by atoms with van der Waals surface area (Å²) in [5.74, 6) is -1.49. The molecular formula is C22H24Cl2FN3O2. The number of nitrogens with one attached hydrogen (secondary N) is 1. The van der Waals surface area contributed by atoms with Crippen molar-refractivity contribution in [2.75, 3.05) is 18.5 Å². The molecule has 1 fully saturated rings. The molecule has 30 heavy (non-hydrogen) atoms. The molecule has 1 amide bonds. The van der Waals surface area contributed by atoms with Gasteiger partial charge in [-0.15, -0.1) is 0 Å².